The van der Waals surface area contributed by atoms with E-state index in [0.717, 1.165) is 30.5 Å². The quantitative estimate of drug-likeness (QED) is 0.507. The predicted molar refractivity (Wildman–Crippen MR) is 93.5 cm³/mol. The van der Waals surface area contributed by atoms with Crippen molar-refractivity contribution in [2.24, 2.45) is 11.8 Å². The number of nitro groups is 1. The first-order chi connectivity index (χ1) is 11.7. The van der Waals surface area contributed by atoms with E-state index in [1.807, 2.05) is 0 Å². The Morgan fingerprint density at radius 2 is 2.12 bits per heavy atom. The van der Waals surface area contributed by atoms with Crippen LogP contribution >= 0.6 is 0 Å². The van der Waals surface area contributed by atoms with E-state index in [0.29, 0.717) is 23.6 Å². The number of methoxy groups -OCH3 is 1. The Bertz CT molecular complexity index is 726. The van der Waals surface area contributed by atoms with Crippen molar-refractivity contribution >= 4 is 11.4 Å². The van der Waals surface area contributed by atoms with Crippen LogP contribution in [0.15, 0.2) is 36.4 Å². The normalized spacial score (nSPS) is 30.4. The maximum atomic E-state index is 11.3. The van der Waals surface area contributed by atoms with E-state index in [4.69, 9.17) is 4.74 Å². The van der Waals surface area contributed by atoms with Crippen LogP contribution in [0.5, 0.6) is 5.75 Å². The molecule has 4 rings (SSSR count). The summed E-state index contributed by atoms with van der Waals surface area (Å²) in [5.74, 6) is 1.90. The van der Waals surface area contributed by atoms with Crippen LogP contribution in [0.25, 0.3) is 0 Å². The largest absolute Gasteiger partial charge is 0.494 e. The molecular formula is C19H22N2O3. The van der Waals surface area contributed by atoms with Crippen molar-refractivity contribution in [3.05, 3.63) is 52.1 Å². The highest BCUT2D eigenvalue weighted by Crippen LogP contribution is 2.51. The molecular weight excluding hydrogens is 304 g/mol. The molecule has 126 valence electrons. The zero-order chi connectivity index (χ0) is 16.7. The number of nitrogens with one attached hydrogen (secondary N) is 1. The summed E-state index contributed by atoms with van der Waals surface area (Å²) in [6.07, 6.45) is 13.5. The van der Waals surface area contributed by atoms with E-state index >= 15 is 0 Å². The molecule has 0 saturated carbocycles. The summed E-state index contributed by atoms with van der Waals surface area (Å²) >= 11 is 0. The van der Waals surface area contributed by atoms with Gasteiger partial charge in [0, 0.05) is 18.0 Å². The SMILES string of the molecule is COc1cc([N+](=O)[O-])cc2c1N[C@@H]([C@H]1CC=CCC1)[C@H]1CC=C[C@H]21. The number of hydrogen-bond acceptors (Lipinski definition) is 4. The minimum atomic E-state index is -0.339. The molecule has 0 saturated heterocycles. The first-order valence-corrected chi connectivity index (χ1v) is 8.63. The smallest absolute Gasteiger partial charge is 0.273 e. The molecule has 5 heteroatoms. The molecule has 0 radical (unpaired) electrons. The van der Waals surface area contributed by atoms with E-state index in [1.165, 1.54) is 12.5 Å². The van der Waals surface area contributed by atoms with Crippen molar-refractivity contribution in [1.29, 1.82) is 0 Å². The number of anilines is 1. The Balaban J connectivity index is 1.78. The Morgan fingerprint density at radius 1 is 1.25 bits per heavy atom. The third-order valence-electron chi connectivity index (χ3n) is 5.71. The first kappa shape index (κ1) is 15.2. The molecule has 5 nitrogen and oxygen atoms in total. The number of fused-ring (bicyclic) bond motifs is 3. The lowest BCUT2D eigenvalue weighted by Crippen LogP contribution is -2.42. The fourth-order valence-electron chi connectivity index (χ4n) is 4.57. The van der Waals surface area contributed by atoms with Gasteiger partial charge < -0.3 is 10.1 Å². The number of nitrogens with zero attached hydrogens (tertiary/aromatic N) is 1. The van der Waals surface area contributed by atoms with Crippen molar-refractivity contribution in [2.75, 3.05) is 12.4 Å². The molecule has 0 unspecified atom stereocenters. The zero-order valence-electron chi connectivity index (χ0n) is 13.8. The van der Waals surface area contributed by atoms with Crippen LogP contribution in [-0.4, -0.2) is 18.1 Å². The van der Waals surface area contributed by atoms with Gasteiger partial charge in [0.15, 0.2) is 0 Å². The molecule has 1 aromatic rings. The zero-order valence-corrected chi connectivity index (χ0v) is 13.8. The van der Waals surface area contributed by atoms with Crippen molar-refractivity contribution in [2.45, 2.75) is 37.6 Å². The Labute approximate surface area is 141 Å². The van der Waals surface area contributed by atoms with E-state index in [-0.39, 0.29) is 16.5 Å². The van der Waals surface area contributed by atoms with Gasteiger partial charge in [-0.15, -0.1) is 0 Å². The summed E-state index contributed by atoms with van der Waals surface area (Å²) in [7, 11) is 1.58. The third-order valence-corrected chi connectivity index (χ3v) is 5.71. The third kappa shape index (κ3) is 2.39. The number of non-ortho nitro benzene ring substituents is 1. The molecule has 1 aliphatic heterocycles. The fraction of sp³-hybridized carbons (Fsp3) is 0.474. The Hall–Kier alpha value is -2.30. The van der Waals surface area contributed by atoms with Gasteiger partial charge in [-0.05, 0) is 43.1 Å². The summed E-state index contributed by atoms with van der Waals surface area (Å²) in [5, 5.41) is 15.0. The van der Waals surface area contributed by atoms with Crippen molar-refractivity contribution in [3.63, 3.8) is 0 Å². The van der Waals surface area contributed by atoms with Crippen molar-refractivity contribution in [3.8, 4) is 5.75 Å². The Kier molecular flexibility index (Phi) is 3.79. The highest BCUT2D eigenvalue weighted by molar-refractivity contribution is 5.70. The first-order valence-electron chi connectivity index (χ1n) is 8.63. The second-order valence-corrected chi connectivity index (χ2v) is 6.94. The molecule has 0 amide bonds. The van der Waals surface area contributed by atoms with Gasteiger partial charge in [0.2, 0.25) is 0 Å². The van der Waals surface area contributed by atoms with E-state index in [9.17, 15) is 10.1 Å². The van der Waals surface area contributed by atoms with Crippen LogP contribution in [0, 0.1) is 22.0 Å². The van der Waals surface area contributed by atoms with Crippen LogP contribution < -0.4 is 10.1 Å². The number of hydrogen-bond donors (Lipinski definition) is 1. The van der Waals surface area contributed by atoms with Gasteiger partial charge in [-0.1, -0.05) is 24.3 Å². The molecule has 1 heterocycles. The second-order valence-electron chi connectivity index (χ2n) is 6.94. The molecule has 1 aromatic carbocycles. The molecule has 0 aromatic heterocycles. The Morgan fingerprint density at radius 3 is 2.83 bits per heavy atom. The highest BCUT2D eigenvalue weighted by atomic mass is 16.6. The molecule has 3 aliphatic rings. The molecule has 1 N–H and O–H groups in total. The summed E-state index contributed by atoms with van der Waals surface area (Å²) < 4.78 is 5.48. The predicted octanol–water partition coefficient (Wildman–Crippen LogP) is 4.41. The van der Waals surface area contributed by atoms with Gasteiger partial charge in [0.1, 0.15) is 5.75 Å². The van der Waals surface area contributed by atoms with E-state index in [1.54, 1.807) is 13.2 Å². The number of benzene rings is 1. The van der Waals surface area contributed by atoms with Crippen LogP contribution in [0.4, 0.5) is 11.4 Å². The van der Waals surface area contributed by atoms with Crippen LogP contribution in [-0.2, 0) is 0 Å². The molecule has 4 atom stereocenters. The second kappa shape index (κ2) is 5.96. The van der Waals surface area contributed by atoms with Crippen LogP contribution in [0.3, 0.4) is 0 Å². The molecule has 0 fully saturated rings. The van der Waals surface area contributed by atoms with Crippen LogP contribution in [0.2, 0.25) is 0 Å². The molecule has 2 aliphatic carbocycles. The lowest BCUT2D eigenvalue weighted by Gasteiger charge is -2.42. The number of allylic oxidation sites excluding steroid dienone is 4. The van der Waals surface area contributed by atoms with Gasteiger partial charge in [0.25, 0.3) is 5.69 Å². The minimum absolute atomic E-state index is 0.102. The molecule has 0 bridgehead atoms. The van der Waals surface area contributed by atoms with E-state index in [2.05, 4.69) is 29.6 Å². The van der Waals surface area contributed by atoms with E-state index < -0.39 is 0 Å². The summed E-state index contributed by atoms with van der Waals surface area (Å²) in [6.45, 7) is 0. The summed E-state index contributed by atoms with van der Waals surface area (Å²) in [5.41, 5.74) is 2.04. The summed E-state index contributed by atoms with van der Waals surface area (Å²) in [6, 6.07) is 3.63. The standard InChI is InChI=1S/C19H22N2O3/c1-24-17-11-13(21(22)23)10-16-14-8-5-9-15(14)18(20-19(16)17)12-6-3-2-4-7-12/h2-3,5,8,10-12,14-15,18,20H,4,6-7,9H2,1H3/t12-,14-,15-,18-/m0/s1. The number of rotatable bonds is 3. The van der Waals surface area contributed by atoms with Crippen LogP contribution in [0.1, 0.15) is 37.2 Å². The van der Waals surface area contributed by atoms with Gasteiger partial charge in [-0.2, -0.15) is 0 Å². The lowest BCUT2D eigenvalue weighted by atomic mass is 9.72. The van der Waals surface area contributed by atoms with Gasteiger partial charge in [-0.25, -0.2) is 0 Å². The van der Waals surface area contributed by atoms with Crippen molar-refractivity contribution < 1.29 is 9.66 Å². The van der Waals surface area contributed by atoms with Gasteiger partial charge >= 0.3 is 0 Å². The number of nitro benzene ring substituents is 1. The average Bonchev–Trinajstić information content (AvgIpc) is 3.10. The maximum absolute atomic E-state index is 11.3. The fourth-order valence-corrected chi connectivity index (χ4v) is 4.57. The monoisotopic (exact) mass is 326 g/mol. The number of ether oxygens (including phenoxy) is 1. The minimum Gasteiger partial charge on any atom is -0.494 e. The van der Waals surface area contributed by atoms with Gasteiger partial charge in [-0.3, -0.25) is 10.1 Å². The van der Waals surface area contributed by atoms with Gasteiger partial charge in [0.05, 0.1) is 23.8 Å². The average molecular weight is 326 g/mol. The molecule has 0 spiro atoms. The molecule has 24 heavy (non-hydrogen) atoms. The topological polar surface area (TPSA) is 64.4 Å². The lowest BCUT2D eigenvalue weighted by molar-refractivity contribution is -0.385. The maximum Gasteiger partial charge on any atom is 0.273 e. The highest BCUT2D eigenvalue weighted by Gasteiger charge is 2.42. The van der Waals surface area contributed by atoms with Crippen molar-refractivity contribution in [1.82, 2.24) is 0 Å². The summed E-state index contributed by atoms with van der Waals surface area (Å²) in [4.78, 5) is 10.9.